The highest BCUT2D eigenvalue weighted by molar-refractivity contribution is 7.22. The summed E-state index contributed by atoms with van der Waals surface area (Å²) in [5.41, 5.74) is 4.53. The standard InChI is InChI=1S/C22H25N5O2S/c1-13(28)17-9-18-19(10-23-17)27(12-24-18)11-14-6-7-16-21(8-14)30-22(26-16)25-15-4-2-3-5-20(15)29/h6-10,12-13,15,20,28-29H,2-5,11H2,1H3,(H,25,26)/t13?,15-,20-/m1/s1. The van der Waals surface area contributed by atoms with Crippen LogP contribution >= 0.6 is 11.3 Å². The van der Waals surface area contributed by atoms with E-state index in [1.165, 1.54) is 0 Å². The largest absolute Gasteiger partial charge is 0.391 e. The summed E-state index contributed by atoms with van der Waals surface area (Å²) in [4.78, 5) is 13.5. The van der Waals surface area contributed by atoms with Crippen LogP contribution in [0.4, 0.5) is 5.13 Å². The molecule has 3 N–H and O–H groups in total. The van der Waals surface area contributed by atoms with Crippen molar-refractivity contribution in [2.75, 3.05) is 5.32 Å². The number of nitrogens with one attached hydrogen (secondary N) is 1. The number of aliphatic hydroxyl groups is 2. The van der Waals surface area contributed by atoms with Crippen LogP contribution in [0.25, 0.3) is 21.3 Å². The first-order chi connectivity index (χ1) is 14.6. The molecule has 5 rings (SSSR count). The number of aromatic nitrogens is 4. The fourth-order valence-corrected chi connectivity index (χ4v) is 5.08. The maximum atomic E-state index is 10.2. The van der Waals surface area contributed by atoms with Gasteiger partial charge < -0.3 is 20.1 Å². The lowest BCUT2D eigenvalue weighted by molar-refractivity contribution is 0.116. The van der Waals surface area contributed by atoms with E-state index in [0.29, 0.717) is 12.2 Å². The van der Waals surface area contributed by atoms with Crippen LogP contribution in [0.3, 0.4) is 0 Å². The van der Waals surface area contributed by atoms with Gasteiger partial charge in [-0.25, -0.2) is 9.97 Å². The lowest BCUT2D eigenvalue weighted by Crippen LogP contribution is -2.36. The number of pyridine rings is 1. The van der Waals surface area contributed by atoms with E-state index in [0.717, 1.165) is 57.6 Å². The number of fused-ring (bicyclic) bond motifs is 2. The van der Waals surface area contributed by atoms with Crippen molar-refractivity contribution in [1.82, 2.24) is 19.5 Å². The summed E-state index contributed by atoms with van der Waals surface area (Å²) in [7, 11) is 0. The highest BCUT2D eigenvalue weighted by Crippen LogP contribution is 2.30. The summed E-state index contributed by atoms with van der Waals surface area (Å²) in [6.45, 7) is 2.39. The van der Waals surface area contributed by atoms with Gasteiger partial charge in [0, 0.05) is 6.54 Å². The van der Waals surface area contributed by atoms with Gasteiger partial charge >= 0.3 is 0 Å². The zero-order valence-corrected chi connectivity index (χ0v) is 17.6. The summed E-state index contributed by atoms with van der Waals surface area (Å²) < 4.78 is 3.19. The second-order valence-corrected chi connectivity index (χ2v) is 9.10. The van der Waals surface area contributed by atoms with Crippen LogP contribution in [-0.4, -0.2) is 41.9 Å². The third-order valence-corrected chi connectivity index (χ3v) is 6.75. The monoisotopic (exact) mass is 423 g/mol. The summed E-state index contributed by atoms with van der Waals surface area (Å²) in [5, 5.41) is 24.2. The van der Waals surface area contributed by atoms with E-state index in [-0.39, 0.29) is 12.1 Å². The molecule has 1 fully saturated rings. The highest BCUT2D eigenvalue weighted by atomic mass is 32.1. The van der Waals surface area contributed by atoms with E-state index in [1.54, 1.807) is 24.5 Å². The van der Waals surface area contributed by atoms with E-state index in [2.05, 4.69) is 32.0 Å². The topological polar surface area (TPSA) is 96.1 Å². The van der Waals surface area contributed by atoms with E-state index in [1.807, 2.05) is 18.5 Å². The molecule has 7 nitrogen and oxygen atoms in total. The average molecular weight is 424 g/mol. The lowest BCUT2D eigenvalue weighted by Gasteiger charge is -2.27. The summed E-state index contributed by atoms with van der Waals surface area (Å²) in [5.74, 6) is 0. The first kappa shape index (κ1) is 19.4. The number of anilines is 1. The molecule has 0 radical (unpaired) electrons. The molecule has 3 aromatic heterocycles. The van der Waals surface area contributed by atoms with Gasteiger partial charge in [-0.05, 0) is 43.5 Å². The fraction of sp³-hybridized carbons (Fsp3) is 0.409. The minimum atomic E-state index is -0.606. The molecule has 3 heterocycles. The van der Waals surface area contributed by atoms with Crippen molar-refractivity contribution in [2.24, 2.45) is 0 Å². The Balaban J connectivity index is 1.37. The summed E-state index contributed by atoms with van der Waals surface area (Å²) >= 11 is 1.63. The molecule has 0 aliphatic heterocycles. The van der Waals surface area contributed by atoms with Crippen molar-refractivity contribution in [3.63, 3.8) is 0 Å². The average Bonchev–Trinajstić information content (AvgIpc) is 3.32. The second-order valence-electron chi connectivity index (χ2n) is 8.07. The molecule has 8 heteroatoms. The number of thiazole rings is 1. The quantitative estimate of drug-likeness (QED) is 0.451. The Morgan fingerprint density at radius 3 is 2.90 bits per heavy atom. The van der Waals surface area contributed by atoms with Gasteiger partial charge in [0.05, 0.1) is 57.7 Å². The maximum absolute atomic E-state index is 10.2. The molecule has 1 unspecified atom stereocenters. The molecule has 4 aromatic rings. The van der Waals surface area contributed by atoms with Crippen LogP contribution < -0.4 is 5.32 Å². The number of imidazole rings is 1. The Labute approximate surface area is 178 Å². The molecule has 1 aromatic carbocycles. The Kier molecular flexibility index (Phi) is 5.14. The lowest BCUT2D eigenvalue weighted by atomic mass is 9.93. The van der Waals surface area contributed by atoms with Crippen molar-refractivity contribution in [1.29, 1.82) is 0 Å². The number of hydrogen-bond acceptors (Lipinski definition) is 7. The third kappa shape index (κ3) is 3.78. The van der Waals surface area contributed by atoms with Crippen molar-refractivity contribution >= 4 is 37.7 Å². The van der Waals surface area contributed by atoms with Crippen molar-refractivity contribution in [3.8, 4) is 0 Å². The minimum absolute atomic E-state index is 0.0927. The van der Waals surface area contributed by atoms with Gasteiger partial charge in [0.25, 0.3) is 0 Å². The predicted molar refractivity (Wildman–Crippen MR) is 119 cm³/mol. The zero-order chi connectivity index (χ0) is 20.7. The molecule has 0 spiro atoms. The van der Waals surface area contributed by atoms with Crippen LogP contribution in [0.2, 0.25) is 0 Å². The number of rotatable bonds is 5. The van der Waals surface area contributed by atoms with Crippen LogP contribution in [0.1, 0.15) is 50.0 Å². The Morgan fingerprint density at radius 2 is 2.07 bits per heavy atom. The predicted octanol–water partition coefficient (Wildman–Crippen LogP) is 3.86. The van der Waals surface area contributed by atoms with Gasteiger partial charge in [-0.1, -0.05) is 30.2 Å². The molecular weight excluding hydrogens is 398 g/mol. The molecular formula is C22H25N5O2S. The van der Waals surface area contributed by atoms with Gasteiger partial charge in [-0.2, -0.15) is 0 Å². The molecule has 3 atom stereocenters. The molecule has 0 saturated heterocycles. The maximum Gasteiger partial charge on any atom is 0.184 e. The van der Waals surface area contributed by atoms with Crippen LogP contribution in [0, 0.1) is 0 Å². The van der Waals surface area contributed by atoms with Gasteiger partial charge in [0.15, 0.2) is 5.13 Å². The van der Waals surface area contributed by atoms with E-state index < -0.39 is 6.10 Å². The van der Waals surface area contributed by atoms with Gasteiger partial charge in [0.1, 0.15) is 0 Å². The van der Waals surface area contributed by atoms with E-state index >= 15 is 0 Å². The minimum Gasteiger partial charge on any atom is -0.391 e. The number of aliphatic hydroxyl groups excluding tert-OH is 2. The highest BCUT2D eigenvalue weighted by Gasteiger charge is 2.23. The summed E-state index contributed by atoms with van der Waals surface area (Å²) in [6.07, 6.45) is 6.78. The third-order valence-electron chi connectivity index (χ3n) is 5.80. The molecule has 1 aliphatic carbocycles. The normalized spacial score (nSPS) is 20.6. The van der Waals surface area contributed by atoms with Gasteiger partial charge in [-0.15, -0.1) is 0 Å². The zero-order valence-electron chi connectivity index (χ0n) is 16.8. The van der Waals surface area contributed by atoms with E-state index in [4.69, 9.17) is 4.98 Å². The van der Waals surface area contributed by atoms with Crippen molar-refractivity contribution < 1.29 is 10.2 Å². The Morgan fingerprint density at radius 1 is 1.20 bits per heavy atom. The first-order valence-corrected chi connectivity index (χ1v) is 11.2. The molecule has 0 amide bonds. The molecule has 156 valence electrons. The Bertz CT molecular complexity index is 1180. The fourth-order valence-electron chi connectivity index (χ4n) is 4.09. The smallest absolute Gasteiger partial charge is 0.184 e. The number of hydrogen-bond donors (Lipinski definition) is 3. The second kappa shape index (κ2) is 7.94. The number of benzene rings is 1. The Hall–Kier alpha value is -2.55. The SMILES string of the molecule is CC(O)c1cc2ncn(Cc3ccc4nc(N[C@@H]5CCCC[C@H]5O)sc4c3)c2cn1. The van der Waals surface area contributed by atoms with Gasteiger partial charge in [0.2, 0.25) is 0 Å². The molecule has 0 bridgehead atoms. The van der Waals surface area contributed by atoms with Crippen molar-refractivity contribution in [3.05, 3.63) is 48.0 Å². The first-order valence-electron chi connectivity index (χ1n) is 10.4. The molecule has 30 heavy (non-hydrogen) atoms. The summed E-state index contributed by atoms with van der Waals surface area (Å²) in [6, 6.07) is 8.23. The molecule has 1 aliphatic rings. The van der Waals surface area contributed by atoms with Crippen LogP contribution in [0.15, 0.2) is 36.8 Å². The van der Waals surface area contributed by atoms with Crippen LogP contribution in [-0.2, 0) is 6.54 Å². The molecule has 1 saturated carbocycles. The van der Waals surface area contributed by atoms with E-state index in [9.17, 15) is 10.2 Å². The van der Waals surface area contributed by atoms with Crippen LogP contribution in [0.5, 0.6) is 0 Å². The number of nitrogens with zero attached hydrogens (tertiary/aromatic N) is 4. The van der Waals surface area contributed by atoms with Crippen molar-refractivity contribution in [2.45, 2.75) is 57.4 Å². The van der Waals surface area contributed by atoms with Gasteiger partial charge in [-0.3, -0.25) is 4.98 Å².